The summed E-state index contributed by atoms with van der Waals surface area (Å²) >= 11 is 0. The smallest absolute Gasteiger partial charge is 0.171 e. The predicted molar refractivity (Wildman–Crippen MR) is 181 cm³/mol. The molecule has 1 aliphatic rings. The van der Waals surface area contributed by atoms with Crippen LogP contribution in [0.15, 0.2) is 94.4 Å². The van der Waals surface area contributed by atoms with Gasteiger partial charge in [0, 0.05) is 52.0 Å². The van der Waals surface area contributed by atoms with Crippen molar-refractivity contribution < 1.29 is 45.0 Å². The zero-order valence-electron chi connectivity index (χ0n) is 26.6. The van der Waals surface area contributed by atoms with Gasteiger partial charge in [0.1, 0.15) is 51.6 Å². The predicted octanol–water partition coefficient (Wildman–Crippen LogP) is 8.26. The molecule has 0 fully saturated rings. The number of benzene rings is 4. The lowest BCUT2D eigenvalue weighted by molar-refractivity contribution is 0.0876. The molecule has 5 aromatic rings. The zero-order valence-corrected chi connectivity index (χ0v) is 26.6. The molecule has 9 heteroatoms. The van der Waals surface area contributed by atoms with Gasteiger partial charge in [0.05, 0.1) is 5.56 Å². The van der Waals surface area contributed by atoms with Crippen LogP contribution in [0.2, 0.25) is 0 Å². The van der Waals surface area contributed by atoms with Crippen molar-refractivity contribution in [3.05, 3.63) is 112 Å². The summed E-state index contributed by atoms with van der Waals surface area (Å²) in [5.41, 5.74) is 3.70. The summed E-state index contributed by atoms with van der Waals surface area (Å²) in [6.45, 7) is 5.76. The van der Waals surface area contributed by atoms with Gasteiger partial charge in [-0.1, -0.05) is 29.4 Å². The van der Waals surface area contributed by atoms with Gasteiger partial charge in [0.25, 0.3) is 0 Å². The van der Waals surface area contributed by atoms with Crippen molar-refractivity contribution in [2.75, 3.05) is 0 Å². The number of allylic oxidation sites excluding steroid dienone is 4. The van der Waals surface area contributed by atoms with E-state index in [9.17, 15) is 40.5 Å². The molecule has 4 aromatic carbocycles. The number of hydrogen-bond donors (Lipinski definition) is 7. The highest BCUT2D eigenvalue weighted by Gasteiger charge is 2.43. The summed E-state index contributed by atoms with van der Waals surface area (Å²) in [6.07, 6.45) is 4.53. The van der Waals surface area contributed by atoms with E-state index in [4.69, 9.17) is 4.42 Å². The Morgan fingerprint density at radius 2 is 1.46 bits per heavy atom. The molecule has 0 spiro atoms. The third-order valence-electron chi connectivity index (χ3n) is 9.02. The fourth-order valence-electron chi connectivity index (χ4n) is 6.77. The van der Waals surface area contributed by atoms with E-state index in [0.29, 0.717) is 40.9 Å². The molecule has 9 nitrogen and oxygen atoms in total. The maximum absolute atomic E-state index is 14.3. The van der Waals surface area contributed by atoms with E-state index in [1.807, 2.05) is 26.8 Å². The van der Waals surface area contributed by atoms with Gasteiger partial charge in [-0.3, -0.25) is 4.79 Å². The normalized spacial score (nSPS) is 17.6. The molecule has 0 aliphatic heterocycles. The average molecular weight is 649 g/mol. The average Bonchev–Trinajstić information content (AvgIpc) is 3.44. The number of fused-ring (bicyclic) bond motifs is 1. The van der Waals surface area contributed by atoms with E-state index in [-0.39, 0.29) is 45.6 Å². The Bertz CT molecular complexity index is 2110. The highest BCUT2D eigenvalue weighted by atomic mass is 16.3. The lowest BCUT2D eigenvalue weighted by atomic mass is 9.65. The van der Waals surface area contributed by atoms with Gasteiger partial charge >= 0.3 is 0 Å². The first-order valence-corrected chi connectivity index (χ1v) is 15.5. The second kappa shape index (κ2) is 12.4. The van der Waals surface area contributed by atoms with Gasteiger partial charge in [0.15, 0.2) is 5.78 Å². The third-order valence-corrected chi connectivity index (χ3v) is 9.02. The Kier molecular flexibility index (Phi) is 8.30. The third kappa shape index (κ3) is 5.90. The fraction of sp³-hybridized carbons (Fsp3) is 0.205. The van der Waals surface area contributed by atoms with E-state index in [1.165, 1.54) is 42.5 Å². The van der Waals surface area contributed by atoms with Crippen molar-refractivity contribution >= 4 is 16.8 Å². The molecule has 0 radical (unpaired) electrons. The number of hydrogen-bond acceptors (Lipinski definition) is 9. The first kappa shape index (κ1) is 32.1. The highest BCUT2D eigenvalue weighted by Crippen LogP contribution is 2.53. The molecular weight excluding hydrogens is 612 g/mol. The Morgan fingerprint density at radius 3 is 2.10 bits per heavy atom. The quantitative estimate of drug-likeness (QED) is 0.0677. The van der Waals surface area contributed by atoms with Crippen LogP contribution in [0.5, 0.6) is 40.2 Å². The first-order valence-electron chi connectivity index (χ1n) is 15.5. The van der Waals surface area contributed by atoms with E-state index in [0.717, 1.165) is 22.6 Å². The summed E-state index contributed by atoms with van der Waals surface area (Å²) in [6, 6.07) is 15.7. The molecule has 0 amide bonds. The van der Waals surface area contributed by atoms with Crippen molar-refractivity contribution in [3.63, 3.8) is 0 Å². The van der Waals surface area contributed by atoms with Crippen LogP contribution in [0, 0.1) is 5.92 Å². The van der Waals surface area contributed by atoms with Crippen molar-refractivity contribution in [2.45, 2.75) is 45.4 Å². The van der Waals surface area contributed by atoms with Gasteiger partial charge in [-0.2, -0.15) is 0 Å². The number of carbonyl (C=O) groups is 1. The van der Waals surface area contributed by atoms with Crippen LogP contribution in [-0.4, -0.2) is 41.5 Å². The van der Waals surface area contributed by atoms with Crippen molar-refractivity contribution in [2.24, 2.45) is 5.92 Å². The number of aromatic hydroxyl groups is 7. The molecule has 0 saturated heterocycles. The number of phenolic OH excluding ortho intramolecular Hbond substituents is 7. The minimum absolute atomic E-state index is 0.0655. The highest BCUT2D eigenvalue weighted by molar-refractivity contribution is 6.02. The first-order chi connectivity index (χ1) is 22.8. The van der Waals surface area contributed by atoms with Gasteiger partial charge in [-0.15, -0.1) is 0 Å². The van der Waals surface area contributed by atoms with Crippen molar-refractivity contribution in [1.82, 2.24) is 0 Å². The zero-order chi connectivity index (χ0) is 34.4. The van der Waals surface area contributed by atoms with Crippen LogP contribution in [0.3, 0.4) is 0 Å². The number of phenols is 7. The van der Waals surface area contributed by atoms with Crippen LogP contribution >= 0.6 is 0 Å². The second-order valence-corrected chi connectivity index (χ2v) is 12.7. The molecule has 1 aliphatic carbocycles. The number of Topliss-reactive ketones (excluding diaryl/α,β-unsaturated/α-hetero) is 1. The van der Waals surface area contributed by atoms with E-state index >= 15 is 0 Å². The minimum Gasteiger partial charge on any atom is -0.508 e. The largest absolute Gasteiger partial charge is 0.508 e. The summed E-state index contributed by atoms with van der Waals surface area (Å²) in [5.74, 6) is -4.46. The van der Waals surface area contributed by atoms with Gasteiger partial charge in [-0.25, -0.2) is 0 Å². The minimum atomic E-state index is -1.05. The number of furan rings is 1. The Morgan fingerprint density at radius 1 is 0.792 bits per heavy atom. The summed E-state index contributed by atoms with van der Waals surface area (Å²) < 4.78 is 6.17. The van der Waals surface area contributed by atoms with E-state index in [1.54, 1.807) is 24.3 Å². The monoisotopic (exact) mass is 648 g/mol. The van der Waals surface area contributed by atoms with Crippen LogP contribution in [0.4, 0.5) is 0 Å². The molecule has 0 unspecified atom stereocenters. The lowest BCUT2D eigenvalue weighted by Gasteiger charge is -2.37. The molecule has 7 N–H and O–H groups in total. The van der Waals surface area contributed by atoms with Crippen LogP contribution in [0.25, 0.3) is 22.3 Å². The molecule has 246 valence electrons. The summed E-state index contributed by atoms with van der Waals surface area (Å²) in [4.78, 5) is 14.3. The van der Waals surface area contributed by atoms with Crippen molar-refractivity contribution in [3.8, 4) is 51.6 Å². The summed E-state index contributed by atoms with van der Waals surface area (Å²) in [5, 5.41) is 75.8. The molecule has 48 heavy (non-hydrogen) atoms. The molecular formula is C39H36O9. The molecule has 1 aromatic heterocycles. The van der Waals surface area contributed by atoms with E-state index < -0.39 is 29.3 Å². The van der Waals surface area contributed by atoms with Gasteiger partial charge < -0.3 is 40.2 Å². The van der Waals surface area contributed by atoms with Crippen LogP contribution in [0.1, 0.15) is 66.1 Å². The SMILES string of the molecule is CC(C)=CCc1c(O)ccc2cc(-c3cc(O)c([C@@H]4C=C(C)C[C@@H](c5ccc(O)cc5O)[C@@H]4C(=O)c4ccc(O)cc4O)c(O)c3)oc12. The summed E-state index contributed by atoms with van der Waals surface area (Å²) in [7, 11) is 0. The number of ketones is 1. The molecule has 0 saturated carbocycles. The molecule has 1 heterocycles. The Labute approximate surface area is 276 Å². The maximum Gasteiger partial charge on any atom is 0.171 e. The second-order valence-electron chi connectivity index (χ2n) is 12.7. The maximum atomic E-state index is 14.3. The molecule has 6 rings (SSSR count). The van der Waals surface area contributed by atoms with E-state index in [2.05, 4.69) is 0 Å². The fourth-order valence-corrected chi connectivity index (χ4v) is 6.77. The van der Waals surface area contributed by atoms with Crippen LogP contribution < -0.4 is 0 Å². The van der Waals surface area contributed by atoms with Crippen LogP contribution in [-0.2, 0) is 6.42 Å². The van der Waals surface area contributed by atoms with Gasteiger partial charge in [0.2, 0.25) is 0 Å². The lowest BCUT2D eigenvalue weighted by Crippen LogP contribution is -2.31. The Balaban J connectivity index is 1.48. The number of carbonyl (C=O) groups excluding carboxylic acids is 1. The molecule has 3 atom stereocenters. The Hall–Kier alpha value is -5.83. The van der Waals surface area contributed by atoms with Crippen molar-refractivity contribution in [1.29, 1.82) is 0 Å². The molecule has 0 bridgehead atoms. The van der Waals surface area contributed by atoms with Gasteiger partial charge in [-0.05, 0) is 87.7 Å². The topological polar surface area (TPSA) is 172 Å². The standard InChI is InChI=1S/C39H36O9/c1-19(2)4-8-27-30(42)11-5-21-16-35(48-39(21)27)22-14-33(45)37(34(46)15-22)29-13-20(3)12-28(25-9-6-23(40)17-31(25)43)36(29)38(47)26-10-7-24(41)18-32(26)44/h4-7,9-11,13-18,28-29,36,40-46H,8,12H2,1-3H3/t28-,29+,36-/m0/s1. The number of rotatable bonds is 7.